The molecule has 4 atom stereocenters. The third kappa shape index (κ3) is 3.39. The van der Waals surface area contributed by atoms with Crippen LogP contribution in [0.25, 0.3) is 0 Å². The van der Waals surface area contributed by atoms with Gasteiger partial charge in [-0.25, -0.2) is 0 Å². The van der Waals surface area contributed by atoms with Crippen molar-refractivity contribution >= 4 is 0 Å². The molecule has 0 amide bonds. The van der Waals surface area contributed by atoms with E-state index in [2.05, 4.69) is 55.4 Å². The molecular weight excluding hydrogens is 216 g/mol. The van der Waals surface area contributed by atoms with Gasteiger partial charge in [-0.05, 0) is 62.2 Å². The van der Waals surface area contributed by atoms with Crippen LogP contribution in [0.4, 0.5) is 0 Å². The van der Waals surface area contributed by atoms with Crippen LogP contribution >= 0.6 is 0 Å². The zero-order valence-corrected chi connectivity index (χ0v) is 13.9. The second-order valence-electron chi connectivity index (χ2n) is 7.47. The number of allylic oxidation sites excluding steroid dienone is 2. The molecule has 0 saturated heterocycles. The lowest BCUT2D eigenvalue weighted by Gasteiger charge is -2.48. The molecular formula is C18H34. The Morgan fingerprint density at radius 3 is 1.94 bits per heavy atom. The number of hydrogen-bond acceptors (Lipinski definition) is 0. The molecule has 0 aromatic carbocycles. The van der Waals surface area contributed by atoms with E-state index in [0.29, 0.717) is 5.92 Å². The third-order valence-corrected chi connectivity index (χ3v) is 5.65. The van der Waals surface area contributed by atoms with Crippen LogP contribution in [0.15, 0.2) is 11.1 Å². The minimum atomic E-state index is 0.708. The van der Waals surface area contributed by atoms with Crippen molar-refractivity contribution in [3.63, 3.8) is 0 Å². The third-order valence-electron chi connectivity index (χ3n) is 5.65. The van der Waals surface area contributed by atoms with E-state index in [1.807, 2.05) is 0 Å². The Labute approximate surface area is 115 Å². The molecule has 0 aliphatic heterocycles. The molecule has 1 rings (SSSR count). The molecule has 0 aromatic rings. The van der Waals surface area contributed by atoms with Crippen LogP contribution < -0.4 is 0 Å². The van der Waals surface area contributed by atoms with Crippen LogP contribution in [0.5, 0.6) is 0 Å². The van der Waals surface area contributed by atoms with Gasteiger partial charge >= 0.3 is 0 Å². The highest BCUT2D eigenvalue weighted by atomic mass is 14.5. The van der Waals surface area contributed by atoms with Gasteiger partial charge in [0.25, 0.3) is 0 Å². The quantitative estimate of drug-likeness (QED) is 0.530. The molecule has 1 aliphatic rings. The van der Waals surface area contributed by atoms with Crippen molar-refractivity contribution in [3.8, 4) is 0 Å². The van der Waals surface area contributed by atoms with E-state index in [-0.39, 0.29) is 0 Å². The summed E-state index contributed by atoms with van der Waals surface area (Å²) in [5, 5.41) is 0. The van der Waals surface area contributed by atoms with Gasteiger partial charge in [0, 0.05) is 0 Å². The van der Waals surface area contributed by atoms with Gasteiger partial charge in [0.2, 0.25) is 0 Å². The van der Waals surface area contributed by atoms with Crippen LogP contribution in [0.3, 0.4) is 0 Å². The number of rotatable bonds is 5. The number of hydrogen-bond donors (Lipinski definition) is 0. The Balaban J connectivity index is 2.54. The van der Waals surface area contributed by atoms with Gasteiger partial charge in [0.05, 0.1) is 0 Å². The maximum Gasteiger partial charge on any atom is -0.0260 e. The molecule has 18 heavy (non-hydrogen) atoms. The smallest absolute Gasteiger partial charge is 0.0260 e. The average Bonchev–Trinajstić information content (AvgIpc) is 2.24. The standard InChI is InChI=1S/C18H34/c1-11(2)15(7)13(5)9-14(6)18-10-17(12(3)4)16(18)8/h11-12,14,16-18H,9-10H2,1-8H3. The van der Waals surface area contributed by atoms with Gasteiger partial charge in [0.1, 0.15) is 0 Å². The molecule has 1 aliphatic carbocycles. The molecule has 0 nitrogen and oxygen atoms in total. The van der Waals surface area contributed by atoms with Crippen LogP contribution in [-0.4, -0.2) is 0 Å². The van der Waals surface area contributed by atoms with Gasteiger partial charge in [-0.1, -0.05) is 52.7 Å². The highest BCUT2D eigenvalue weighted by Gasteiger charge is 2.41. The van der Waals surface area contributed by atoms with Crippen molar-refractivity contribution in [1.29, 1.82) is 0 Å². The molecule has 1 fully saturated rings. The summed E-state index contributed by atoms with van der Waals surface area (Å²) in [4.78, 5) is 0. The summed E-state index contributed by atoms with van der Waals surface area (Å²) in [6, 6.07) is 0. The Kier molecular flexibility index (Phi) is 5.49. The maximum absolute atomic E-state index is 2.48. The molecule has 0 bridgehead atoms. The summed E-state index contributed by atoms with van der Waals surface area (Å²) in [5.74, 6) is 5.33. The lowest BCUT2D eigenvalue weighted by atomic mass is 9.57. The summed E-state index contributed by atoms with van der Waals surface area (Å²) < 4.78 is 0. The summed E-state index contributed by atoms with van der Waals surface area (Å²) in [6.07, 6.45) is 2.78. The first-order valence-electron chi connectivity index (χ1n) is 7.91. The van der Waals surface area contributed by atoms with E-state index in [9.17, 15) is 0 Å². The Morgan fingerprint density at radius 2 is 1.56 bits per heavy atom. The first-order valence-corrected chi connectivity index (χ1v) is 7.91. The van der Waals surface area contributed by atoms with E-state index in [1.165, 1.54) is 12.8 Å². The molecule has 4 unspecified atom stereocenters. The van der Waals surface area contributed by atoms with Gasteiger partial charge in [-0.15, -0.1) is 0 Å². The largest absolute Gasteiger partial charge is 0.0739 e. The van der Waals surface area contributed by atoms with Crippen LogP contribution in [0.1, 0.15) is 68.2 Å². The van der Waals surface area contributed by atoms with E-state index in [0.717, 1.165) is 29.6 Å². The lowest BCUT2D eigenvalue weighted by Crippen LogP contribution is -2.41. The summed E-state index contributed by atoms with van der Waals surface area (Å²) in [7, 11) is 0. The second-order valence-corrected chi connectivity index (χ2v) is 7.47. The fourth-order valence-electron chi connectivity index (χ4n) is 3.78. The second kappa shape index (κ2) is 6.26. The normalized spacial score (nSPS) is 31.3. The monoisotopic (exact) mass is 250 g/mol. The summed E-state index contributed by atoms with van der Waals surface area (Å²) in [5.41, 5.74) is 3.24. The summed E-state index contributed by atoms with van der Waals surface area (Å²) >= 11 is 0. The van der Waals surface area contributed by atoms with Gasteiger partial charge in [0.15, 0.2) is 0 Å². The minimum Gasteiger partial charge on any atom is -0.0739 e. The molecule has 0 heterocycles. The van der Waals surface area contributed by atoms with E-state index >= 15 is 0 Å². The average molecular weight is 250 g/mol. The SMILES string of the molecule is CC(CC(C)C1CC(C(C)C)C1C)=C(C)C(C)C. The molecule has 106 valence electrons. The minimum absolute atomic E-state index is 0.708. The van der Waals surface area contributed by atoms with Gasteiger partial charge in [-0.3, -0.25) is 0 Å². The topological polar surface area (TPSA) is 0 Å². The van der Waals surface area contributed by atoms with Crippen molar-refractivity contribution in [3.05, 3.63) is 11.1 Å². The highest BCUT2D eigenvalue weighted by molar-refractivity contribution is 5.12. The predicted molar refractivity (Wildman–Crippen MR) is 82.6 cm³/mol. The molecule has 0 aromatic heterocycles. The zero-order valence-electron chi connectivity index (χ0n) is 13.9. The van der Waals surface area contributed by atoms with E-state index in [1.54, 1.807) is 11.1 Å². The van der Waals surface area contributed by atoms with E-state index in [4.69, 9.17) is 0 Å². The van der Waals surface area contributed by atoms with Gasteiger partial charge in [-0.2, -0.15) is 0 Å². The zero-order chi connectivity index (χ0) is 14.0. The highest BCUT2D eigenvalue weighted by Crippen LogP contribution is 2.49. The van der Waals surface area contributed by atoms with Crippen molar-refractivity contribution < 1.29 is 0 Å². The molecule has 0 heteroatoms. The van der Waals surface area contributed by atoms with Crippen LogP contribution in [0.2, 0.25) is 0 Å². The van der Waals surface area contributed by atoms with Crippen LogP contribution in [-0.2, 0) is 0 Å². The molecule has 0 radical (unpaired) electrons. The van der Waals surface area contributed by atoms with Crippen molar-refractivity contribution in [2.24, 2.45) is 35.5 Å². The van der Waals surface area contributed by atoms with Gasteiger partial charge < -0.3 is 0 Å². The van der Waals surface area contributed by atoms with Crippen molar-refractivity contribution in [2.45, 2.75) is 68.2 Å². The fourth-order valence-corrected chi connectivity index (χ4v) is 3.78. The summed E-state index contributed by atoms with van der Waals surface area (Å²) in [6.45, 7) is 19.0. The Hall–Kier alpha value is -0.260. The molecule has 1 saturated carbocycles. The lowest BCUT2D eigenvalue weighted by molar-refractivity contribution is 0.0122. The first kappa shape index (κ1) is 15.8. The van der Waals surface area contributed by atoms with Crippen LogP contribution in [0, 0.1) is 35.5 Å². The predicted octanol–water partition coefficient (Wildman–Crippen LogP) is 5.93. The molecule has 0 spiro atoms. The maximum atomic E-state index is 2.48. The van der Waals surface area contributed by atoms with Crippen molar-refractivity contribution in [1.82, 2.24) is 0 Å². The Morgan fingerprint density at radius 1 is 1.00 bits per heavy atom. The fraction of sp³-hybridized carbons (Fsp3) is 0.889. The Bertz CT molecular complexity index is 295. The van der Waals surface area contributed by atoms with E-state index < -0.39 is 0 Å². The first-order chi connectivity index (χ1) is 8.25. The van der Waals surface area contributed by atoms with Crippen molar-refractivity contribution in [2.75, 3.05) is 0 Å². The molecule has 0 N–H and O–H groups in total.